The average Bonchev–Trinajstić information content (AvgIpc) is 3.11. The van der Waals surface area contributed by atoms with Crippen LogP contribution in [0, 0.1) is 0 Å². The topological polar surface area (TPSA) is 76.5 Å². The minimum absolute atomic E-state index is 0.185. The molecule has 1 aromatic carbocycles. The Balaban J connectivity index is 1.58. The van der Waals surface area contributed by atoms with Gasteiger partial charge >= 0.3 is 6.09 Å². The van der Waals surface area contributed by atoms with E-state index in [1.165, 1.54) is 4.90 Å². The van der Waals surface area contributed by atoms with E-state index >= 15 is 0 Å². The molecule has 114 valence electrons. The molecular weight excluding hydrogens is 284 g/mol. The Morgan fingerprint density at radius 2 is 2.14 bits per heavy atom. The first kappa shape index (κ1) is 14.1. The third-order valence-electron chi connectivity index (χ3n) is 3.47. The van der Waals surface area contributed by atoms with Crippen LogP contribution in [0.2, 0.25) is 0 Å². The van der Waals surface area contributed by atoms with E-state index in [0.29, 0.717) is 17.9 Å². The van der Waals surface area contributed by atoms with Gasteiger partial charge in [-0.3, -0.25) is 14.4 Å². The largest absolute Gasteiger partial charge is 0.442 e. The molecule has 3 rings (SSSR count). The lowest BCUT2D eigenvalue weighted by molar-refractivity contribution is 0.0916. The number of nitrogens with zero attached hydrogens (tertiary/aromatic N) is 3. The summed E-state index contributed by atoms with van der Waals surface area (Å²) in [6.07, 6.45) is 0.810. The molecule has 22 heavy (non-hydrogen) atoms. The normalized spacial score (nSPS) is 17.4. The molecule has 1 N–H and O–H groups in total. The molecule has 1 aliphatic rings. The minimum atomic E-state index is -0.428. The van der Waals surface area contributed by atoms with Gasteiger partial charge in [0.05, 0.1) is 19.3 Å². The van der Waals surface area contributed by atoms with Gasteiger partial charge in [-0.25, -0.2) is 4.79 Å². The van der Waals surface area contributed by atoms with Gasteiger partial charge in [-0.05, 0) is 12.1 Å². The van der Waals surface area contributed by atoms with Gasteiger partial charge in [-0.1, -0.05) is 18.2 Å². The quantitative estimate of drug-likeness (QED) is 0.919. The standard InChI is InChI=1S/C15H16N4O3/c1-18-13(7-8-17-18)19-10-12(22-15(19)21)9-16-14(20)11-5-3-2-4-6-11/h2-8,12H,9-10H2,1H3,(H,16,20). The molecule has 7 nitrogen and oxygen atoms in total. The summed E-state index contributed by atoms with van der Waals surface area (Å²) in [6.45, 7) is 0.654. The van der Waals surface area contributed by atoms with Crippen molar-refractivity contribution in [2.75, 3.05) is 18.0 Å². The molecule has 1 aliphatic heterocycles. The van der Waals surface area contributed by atoms with E-state index < -0.39 is 6.09 Å². The van der Waals surface area contributed by atoms with E-state index in [4.69, 9.17) is 4.74 Å². The molecule has 1 saturated heterocycles. The fraction of sp³-hybridized carbons (Fsp3) is 0.267. The van der Waals surface area contributed by atoms with Crippen molar-refractivity contribution < 1.29 is 14.3 Å². The monoisotopic (exact) mass is 300 g/mol. The minimum Gasteiger partial charge on any atom is -0.442 e. The number of aryl methyl sites for hydroxylation is 1. The van der Waals surface area contributed by atoms with Gasteiger partial charge in [0.25, 0.3) is 5.91 Å². The average molecular weight is 300 g/mol. The number of cyclic esters (lactones) is 1. The molecule has 1 unspecified atom stereocenters. The summed E-state index contributed by atoms with van der Waals surface area (Å²) in [4.78, 5) is 25.4. The third-order valence-corrected chi connectivity index (χ3v) is 3.47. The first-order valence-corrected chi connectivity index (χ1v) is 6.94. The summed E-state index contributed by atoms with van der Waals surface area (Å²) in [5.74, 6) is 0.484. The van der Waals surface area contributed by atoms with E-state index in [1.807, 2.05) is 6.07 Å². The predicted octanol–water partition coefficient (Wildman–Crippen LogP) is 1.18. The first-order valence-electron chi connectivity index (χ1n) is 6.94. The van der Waals surface area contributed by atoms with Crippen molar-refractivity contribution in [1.82, 2.24) is 15.1 Å². The number of carbonyl (C=O) groups excluding carboxylic acids is 2. The third kappa shape index (κ3) is 2.78. The van der Waals surface area contributed by atoms with Gasteiger partial charge in [0.2, 0.25) is 0 Å². The Kier molecular flexibility index (Phi) is 3.78. The van der Waals surface area contributed by atoms with E-state index in [2.05, 4.69) is 10.4 Å². The second-order valence-electron chi connectivity index (χ2n) is 5.01. The second-order valence-corrected chi connectivity index (χ2v) is 5.01. The number of ether oxygens (including phenoxy) is 1. The predicted molar refractivity (Wildman–Crippen MR) is 79.6 cm³/mol. The van der Waals surface area contributed by atoms with Crippen LogP contribution in [0.25, 0.3) is 0 Å². The van der Waals surface area contributed by atoms with Crippen LogP contribution >= 0.6 is 0 Å². The molecule has 1 aromatic heterocycles. The van der Waals surface area contributed by atoms with Crippen LogP contribution in [-0.4, -0.2) is 41.0 Å². The Hall–Kier alpha value is -2.83. The van der Waals surface area contributed by atoms with Gasteiger partial charge in [0.1, 0.15) is 11.9 Å². The van der Waals surface area contributed by atoms with Crippen LogP contribution in [0.4, 0.5) is 10.6 Å². The van der Waals surface area contributed by atoms with Gasteiger partial charge in [0, 0.05) is 18.7 Å². The Bertz CT molecular complexity index is 683. The van der Waals surface area contributed by atoms with E-state index in [1.54, 1.807) is 48.3 Å². The molecule has 0 aliphatic carbocycles. The van der Waals surface area contributed by atoms with Crippen molar-refractivity contribution in [3.05, 3.63) is 48.2 Å². The molecule has 0 radical (unpaired) electrons. The van der Waals surface area contributed by atoms with Crippen LogP contribution in [-0.2, 0) is 11.8 Å². The maximum absolute atomic E-state index is 12.0. The Morgan fingerprint density at radius 1 is 1.36 bits per heavy atom. The fourth-order valence-electron chi connectivity index (χ4n) is 2.34. The maximum Gasteiger partial charge on any atom is 0.416 e. The highest BCUT2D eigenvalue weighted by molar-refractivity contribution is 5.94. The van der Waals surface area contributed by atoms with Crippen molar-refractivity contribution in [2.24, 2.45) is 7.05 Å². The molecule has 1 fully saturated rings. The molecule has 2 aromatic rings. The summed E-state index contributed by atoms with van der Waals surface area (Å²) < 4.78 is 6.87. The first-order chi connectivity index (χ1) is 10.6. The number of hydrogen-bond donors (Lipinski definition) is 1. The van der Waals surface area contributed by atoms with Crippen LogP contribution in [0.5, 0.6) is 0 Å². The Morgan fingerprint density at radius 3 is 2.82 bits per heavy atom. The number of carbonyl (C=O) groups is 2. The lowest BCUT2D eigenvalue weighted by Gasteiger charge is -2.12. The van der Waals surface area contributed by atoms with E-state index in [0.717, 1.165) is 0 Å². The van der Waals surface area contributed by atoms with Crippen LogP contribution < -0.4 is 10.2 Å². The summed E-state index contributed by atoms with van der Waals surface area (Å²) >= 11 is 0. The maximum atomic E-state index is 12.0. The summed E-state index contributed by atoms with van der Waals surface area (Å²) in [6, 6.07) is 10.7. The molecule has 2 heterocycles. The molecular formula is C15H16N4O3. The molecule has 2 amide bonds. The van der Waals surface area contributed by atoms with Crippen LogP contribution in [0.3, 0.4) is 0 Å². The van der Waals surface area contributed by atoms with Gasteiger partial charge in [0.15, 0.2) is 0 Å². The van der Waals surface area contributed by atoms with Crippen LogP contribution in [0.15, 0.2) is 42.6 Å². The smallest absolute Gasteiger partial charge is 0.416 e. The lowest BCUT2D eigenvalue weighted by atomic mass is 10.2. The van der Waals surface area contributed by atoms with Crippen molar-refractivity contribution in [1.29, 1.82) is 0 Å². The van der Waals surface area contributed by atoms with Gasteiger partial charge in [-0.2, -0.15) is 5.10 Å². The summed E-state index contributed by atoms with van der Waals surface area (Å²) in [7, 11) is 1.76. The molecule has 0 spiro atoms. The molecule has 1 atom stereocenters. The zero-order valence-electron chi connectivity index (χ0n) is 12.1. The Labute approximate surface area is 127 Å². The lowest BCUT2D eigenvalue weighted by Crippen LogP contribution is -2.34. The van der Waals surface area contributed by atoms with Gasteiger partial charge in [-0.15, -0.1) is 0 Å². The highest BCUT2D eigenvalue weighted by Crippen LogP contribution is 2.20. The zero-order chi connectivity index (χ0) is 15.5. The number of nitrogens with one attached hydrogen (secondary N) is 1. The van der Waals surface area contributed by atoms with Gasteiger partial charge < -0.3 is 10.1 Å². The van der Waals surface area contributed by atoms with E-state index in [-0.39, 0.29) is 18.6 Å². The SMILES string of the molecule is Cn1nccc1N1CC(CNC(=O)c2ccccc2)OC1=O. The highest BCUT2D eigenvalue weighted by Gasteiger charge is 2.33. The summed E-state index contributed by atoms with van der Waals surface area (Å²) in [5, 5.41) is 6.81. The number of rotatable bonds is 4. The highest BCUT2D eigenvalue weighted by atomic mass is 16.6. The van der Waals surface area contributed by atoms with E-state index in [9.17, 15) is 9.59 Å². The fourth-order valence-corrected chi connectivity index (χ4v) is 2.34. The number of hydrogen-bond acceptors (Lipinski definition) is 4. The zero-order valence-corrected chi connectivity index (χ0v) is 12.1. The number of anilines is 1. The van der Waals surface area contributed by atoms with Crippen molar-refractivity contribution in [3.63, 3.8) is 0 Å². The molecule has 7 heteroatoms. The molecule has 0 saturated carbocycles. The van der Waals surface area contributed by atoms with Crippen LogP contribution in [0.1, 0.15) is 10.4 Å². The van der Waals surface area contributed by atoms with Crippen molar-refractivity contribution in [2.45, 2.75) is 6.10 Å². The number of benzene rings is 1. The second kappa shape index (κ2) is 5.88. The molecule has 0 bridgehead atoms. The number of amides is 2. The number of aromatic nitrogens is 2. The van der Waals surface area contributed by atoms with Crippen molar-refractivity contribution >= 4 is 17.8 Å². The van der Waals surface area contributed by atoms with Crippen molar-refractivity contribution in [3.8, 4) is 0 Å². The summed E-state index contributed by atoms with van der Waals surface area (Å²) in [5.41, 5.74) is 0.579.